The van der Waals surface area contributed by atoms with E-state index in [1.54, 1.807) is 17.5 Å². The monoisotopic (exact) mass is 327 g/mol. The van der Waals surface area contributed by atoms with E-state index < -0.39 is 11.9 Å². The average molecular weight is 327 g/mol. The molecule has 0 unspecified atom stereocenters. The summed E-state index contributed by atoms with van der Waals surface area (Å²) in [5.74, 6) is -3.07. The molecule has 0 spiro atoms. The van der Waals surface area contributed by atoms with Crippen LogP contribution in [0.4, 0.5) is 9.52 Å². The highest BCUT2D eigenvalue weighted by molar-refractivity contribution is 7.14. The summed E-state index contributed by atoms with van der Waals surface area (Å²) in [5, 5.41) is 20.1. The van der Waals surface area contributed by atoms with Crippen molar-refractivity contribution < 1.29 is 24.2 Å². The fraction of sp³-hybridized carbons (Fsp3) is 0.154. The molecule has 0 saturated carbocycles. The van der Waals surface area contributed by atoms with Crippen LogP contribution in [0.25, 0.3) is 11.3 Å². The number of carboxylic acids is 1. The minimum Gasteiger partial charge on any atom is -0.474 e. The number of hydrogen-bond donors (Lipinski definition) is 4. The minimum atomic E-state index is -1.58. The third kappa shape index (κ3) is 5.56. The van der Waals surface area contributed by atoms with Crippen LogP contribution < -0.4 is 11.1 Å². The molecule has 0 radical (unpaired) electrons. The predicted molar refractivity (Wildman–Crippen MR) is 79.9 cm³/mol. The fourth-order valence-corrected chi connectivity index (χ4v) is 1.95. The standard InChI is InChI=1S/C11H7FN2O3S.C2H7NO/c12-7-3-1-6(2-4-7)8-5-18-11(13-8)14-9(15)10(16)17;3-1-2-4/h1-5H,(H,16,17)(H,13,14,15);4H,1-3H2. The largest absolute Gasteiger partial charge is 0.474 e. The van der Waals surface area contributed by atoms with Crippen LogP contribution in [0.15, 0.2) is 29.6 Å². The van der Waals surface area contributed by atoms with Gasteiger partial charge in [-0.2, -0.15) is 0 Å². The van der Waals surface area contributed by atoms with Crippen LogP contribution in [-0.4, -0.2) is 40.2 Å². The topological polar surface area (TPSA) is 126 Å². The zero-order chi connectivity index (χ0) is 16.5. The van der Waals surface area contributed by atoms with Crippen LogP contribution in [-0.2, 0) is 9.59 Å². The SMILES string of the molecule is NCCO.O=C(O)C(=O)Nc1nc(-c2ccc(F)cc2)cs1. The zero-order valence-electron chi connectivity index (χ0n) is 11.3. The molecule has 0 bridgehead atoms. The number of benzene rings is 1. The van der Waals surface area contributed by atoms with Crippen molar-refractivity contribution in [2.45, 2.75) is 0 Å². The van der Waals surface area contributed by atoms with Crippen molar-refractivity contribution in [3.63, 3.8) is 0 Å². The Morgan fingerprint density at radius 2 is 1.91 bits per heavy atom. The lowest BCUT2D eigenvalue weighted by molar-refractivity contribution is -0.147. The van der Waals surface area contributed by atoms with Gasteiger partial charge >= 0.3 is 11.9 Å². The van der Waals surface area contributed by atoms with Crippen LogP contribution >= 0.6 is 11.3 Å². The number of nitrogens with zero attached hydrogens (tertiary/aromatic N) is 1. The van der Waals surface area contributed by atoms with Crippen molar-refractivity contribution in [3.8, 4) is 11.3 Å². The van der Waals surface area contributed by atoms with Crippen molar-refractivity contribution in [1.82, 2.24) is 4.98 Å². The Labute approximate surface area is 129 Å². The van der Waals surface area contributed by atoms with Gasteiger partial charge in [0.2, 0.25) is 0 Å². The molecule has 1 heterocycles. The second-order valence-corrected chi connectivity index (χ2v) is 4.67. The van der Waals surface area contributed by atoms with E-state index in [-0.39, 0.29) is 17.6 Å². The number of thiazole rings is 1. The van der Waals surface area contributed by atoms with E-state index in [9.17, 15) is 14.0 Å². The van der Waals surface area contributed by atoms with Crippen LogP contribution in [0.2, 0.25) is 0 Å². The number of carboxylic acid groups (broad SMARTS) is 1. The highest BCUT2D eigenvalue weighted by Gasteiger charge is 2.13. The number of anilines is 1. The molecule has 0 aliphatic heterocycles. The molecule has 2 aromatic rings. The number of hydrogen-bond acceptors (Lipinski definition) is 6. The third-order valence-corrected chi connectivity index (χ3v) is 2.95. The van der Waals surface area contributed by atoms with Gasteiger partial charge in [0.25, 0.3) is 0 Å². The summed E-state index contributed by atoms with van der Waals surface area (Å²) < 4.78 is 12.7. The number of amides is 1. The number of halogens is 1. The summed E-state index contributed by atoms with van der Waals surface area (Å²) in [7, 11) is 0. The maximum Gasteiger partial charge on any atom is 0.394 e. The second-order valence-electron chi connectivity index (χ2n) is 3.82. The zero-order valence-corrected chi connectivity index (χ0v) is 12.1. The van der Waals surface area contributed by atoms with Crippen LogP contribution in [0.3, 0.4) is 0 Å². The lowest BCUT2D eigenvalue weighted by atomic mass is 10.2. The Bertz CT molecular complexity index is 628. The summed E-state index contributed by atoms with van der Waals surface area (Å²) in [5.41, 5.74) is 6.00. The molecule has 2 rings (SSSR count). The number of aliphatic hydroxyl groups is 1. The molecule has 1 amide bonds. The second kappa shape index (κ2) is 8.82. The molecular weight excluding hydrogens is 313 g/mol. The Morgan fingerprint density at radius 1 is 1.32 bits per heavy atom. The molecule has 0 saturated heterocycles. The minimum absolute atomic E-state index is 0.0972. The molecule has 1 aromatic heterocycles. The number of rotatable bonds is 3. The fourth-order valence-electron chi connectivity index (χ4n) is 1.23. The first-order valence-corrected chi connectivity index (χ1v) is 6.92. The quantitative estimate of drug-likeness (QED) is 0.621. The Hall–Kier alpha value is -2.36. The van der Waals surface area contributed by atoms with Gasteiger partial charge in [0.15, 0.2) is 5.13 Å². The van der Waals surface area contributed by atoms with Gasteiger partial charge < -0.3 is 15.9 Å². The molecular formula is C13H14FN3O4S. The molecule has 22 heavy (non-hydrogen) atoms. The van der Waals surface area contributed by atoms with E-state index in [0.717, 1.165) is 11.3 Å². The molecule has 118 valence electrons. The lowest BCUT2D eigenvalue weighted by Crippen LogP contribution is -2.21. The van der Waals surface area contributed by atoms with Gasteiger partial charge in [-0.3, -0.25) is 10.1 Å². The Balaban J connectivity index is 0.000000541. The number of aliphatic carboxylic acids is 1. The van der Waals surface area contributed by atoms with Crippen LogP contribution in [0.1, 0.15) is 0 Å². The molecule has 5 N–H and O–H groups in total. The molecule has 0 fully saturated rings. The van der Waals surface area contributed by atoms with Crippen molar-refractivity contribution >= 4 is 28.3 Å². The van der Waals surface area contributed by atoms with E-state index >= 15 is 0 Å². The van der Waals surface area contributed by atoms with Gasteiger partial charge in [0.1, 0.15) is 5.82 Å². The normalized spacial score (nSPS) is 9.59. The van der Waals surface area contributed by atoms with E-state index in [1.165, 1.54) is 12.1 Å². The summed E-state index contributed by atoms with van der Waals surface area (Å²) in [6.45, 7) is 0.472. The first-order chi connectivity index (χ1) is 10.5. The van der Waals surface area contributed by atoms with E-state index in [0.29, 0.717) is 17.8 Å². The highest BCUT2D eigenvalue weighted by atomic mass is 32.1. The summed E-state index contributed by atoms with van der Waals surface area (Å²) in [4.78, 5) is 25.3. The number of nitrogens with one attached hydrogen (secondary N) is 1. The first-order valence-electron chi connectivity index (χ1n) is 6.04. The van der Waals surface area contributed by atoms with E-state index in [2.05, 4.69) is 10.3 Å². The summed E-state index contributed by atoms with van der Waals surface area (Å²) in [6.07, 6.45) is 0. The highest BCUT2D eigenvalue weighted by Crippen LogP contribution is 2.24. The molecule has 1 aromatic carbocycles. The molecule has 7 nitrogen and oxygen atoms in total. The van der Waals surface area contributed by atoms with Crippen LogP contribution in [0.5, 0.6) is 0 Å². The Morgan fingerprint density at radius 3 is 2.41 bits per heavy atom. The molecule has 0 aliphatic rings. The van der Waals surface area contributed by atoms with Gasteiger partial charge in [-0.25, -0.2) is 14.2 Å². The number of carbonyl (C=O) groups excluding carboxylic acids is 1. The van der Waals surface area contributed by atoms with E-state index in [4.69, 9.17) is 15.9 Å². The van der Waals surface area contributed by atoms with Gasteiger partial charge in [-0.05, 0) is 24.3 Å². The van der Waals surface area contributed by atoms with Gasteiger partial charge in [0.05, 0.1) is 12.3 Å². The first kappa shape index (κ1) is 17.7. The lowest BCUT2D eigenvalue weighted by Gasteiger charge is -1.96. The van der Waals surface area contributed by atoms with Gasteiger partial charge in [-0.15, -0.1) is 11.3 Å². The van der Waals surface area contributed by atoms with Gasteiger partial charge in [0, 0.05) is 17.5 Å². The summed E-state index contributed by atoms with van der Waals surface area (Å²) >= 11 is 1.09. The molecule has 9 heteroatoms. The number of aromatic nitrogens is 1. The maximum atomic E-state index is 12.7. The smallest absolute Gasteiger partial charge is 0.394 e. The van der Waals surface area contributed by atoms with Gasteiger partial charge in [-0.1, -0.05) is 0 Å². The average Bonchev–Trinajstić information content (AvgIpc) is 2.96. The van der Waals surface area contributed by atoms with Crippen molar-refractivity contribution in [1.29, 1.82) is 0 Å². The maximum absolute atomic E-state index is 12.7. The van der Waals surface area contributed by atoms with Crippen molar-refractivity contribution in [3.05, 3.63) is 35.5 Å². The number of carbonyl (C=O) groups is 2. The predicted octanol–water partition coefficient (Wildman–Crippen LogP) is 0.910. The van der Waals surface area contributed by atoms with Crippen molar-refractivity contribution in [2.75, 3.05) is 18.5 Å². The Kier molecular flexibility index (Phi) is 7.09. The number of nitrogens with two attached hydrogens (primary N) is 1. The van der Waals surface area contributed by atoms with E-state index in [1.807, 2.05) is 0 Å². The molecule has 0 aliphatic carbocycles. The van der Waals surface area contributed by atoms with Crippen LogP contribution in [0, 0.1) is 5.82 Å². The molecule has 0 atom stereocenters. The third-order valence-electron chi connectivity index (χ3n) is 2.19. The van der Waals surface area contributed by atoms with Crippen molar-refractivity contribution in [2.24, 2.45) is 5.73 Å². The summed E-state index contributed by atoms with van der Waals surface area (Å²) in [6, 6.07) is 5.69. The number of aliphatic hydroxyl groups excluding tert-OH is 1.